The molecule has 3 unspecified atom stereocenters. The average Bonchev–Trinajstić information content (AvgIpc) is 1.82. The second-order valence-corrected chi connectivity index (χ2v) is 3.92. The average molecular weight is 202 g/mol. The fourth-order valence-electron chi connectivity index (χ4n) is 1.56. The molecule has 0 heterocycles. The molecule has 12 heavy (non-hydrogen) atoms. The summed E-state index contributed by atoms with van der Waals surface area (Å²) >= 11 is 5.63. The van der Waals surface area contributed by atoms with E-state index < -0.39 is 23.5 Å². The second-order valence-electron chi connectivity index (χ2n) is 3.30. The third kappa shape index (κ3) is 2.52. The van der Waals surface area contributed by atoms with Crippen LogP contribution in [0.1, 0.15) is 19.3 Å². The summed E-state index contributed by atoms with van der Waals surface area (Å²) in [6.07, 6.45) is -3.61. The summed E-state index contributed by atoms with van der Waals surface area (Å²) in [6.45, 7) is 0. The van der Waals surface area contributed by atoms with Crippen molar-refractivity contribution in [3.8, 4) is 0 Å². The van der Waals surface area contributed by atoms with E-state index in [0.717, 1.165) is 0 Å². The Balaban J connectivity index is 2.55. The molecule has 1 aliphatic rings. The Morgan fingerprint density at radius 3 is 2.17 bits per heavy atom. The van der Waals surface area contributed by atoms with Gasteiger partial charge in [0, 0.05) is 11.4 Å². The molecule has 0 bridgehead atoms. The molecule has 1 aliphatic carbocycles. The van der Waals surface area contributed by atoms with Crippen molar-refractivity contribution in [2.24, 2.45) is 11.7 Å². The minimum absolute atomic E-state index is 0.0127. The molecule has 72 valence electrons. The van der Waals surface area contributed by atoms with Crippen LogP contribution in [0, 0.1) is 5.92 Å². The SMILES string of the molecule is NC1CC(Cl)CC(C(F)(F)F)C1. The fraction of sp³-hybridized carbons (Fsp3) is 1.00. The summed E-state index contributed by atoms with van der Waals surface area (Å²) in [7, 11) is 0. The Morgan fingerprint density at radius 1 is 1.17 bits per heavy atom. The fourth-order valence-corrected chi connectivity index (χ4v) is 2.00. The molecule has 0 saturated heterocycles. The van der Waals surface area contributed by atoms with E-state index in [1.165, 1.54) is 0 Å². The van der Waals surface area contributed by atoms with Crippen molar-refractivity contribution in [2.75, 3.05) is 0 Å². The Morgan fingerprint density at radius 2 is 1.75 bits per heavy atom. The van der Waals surface area contributed by atoms with Crippen LogP contribution in [0.4, 0.5) is 13.2 Å². The number of rotatable bonds is 0. The molecular formula is C7H11ClF3N. The number of halogens is 4. The van der Waals surface area contributed by atoms with Crippen molar-refractivity contribution in [3.05, 3.63) is 0 Å². The highest BCUT2D eigenvalue weighted by Crippen LogP contribution is 2.38. The molecular weight excluding hydrogens is 191 g/mol. The van der Waals surface area contributed by atoms with Crippen molar-refractivity contribution in [3.63, 3.8) is 0 Å². The van der Waals surface area contributed by atoms with Crippen molar-refractivity contribution < 1.29 is 13.2 Å². The van der Waals surface area contributed by atoms with E-state index in [1.807, 2.05) is 0 Å². The van der Waals surface area contributed by atoms with Crippen LogP contribution < -0.4 is 5.73 Å². The first-order valence-corrected chi connectivity index (χ1v) is 4.29. The van der Waals surface area contributed by atoms with Gasteiger partial charge in [-0.05, 0) is 19.3 Å². The van der Waals surface area contributed by atoms with Gasteiger partial charge < -0.3 is 5.73 Å². The van der Waals surface area contributed by atoms with E-state index in [1.54, 1.807) is 0 Å². The molecule has 0 aromatic rings. The Bertz CT molecular complexity index is 149. The largest absolute Gasteiger partial charge is 0.391 e. The predicted molar refractivity (Wildman–Crippen MR) is 41.0 cm³/mol. The van der Waals surface area contributed by atoms with Crippen molar-refractivity contribution in [1.82, 2.24) is 0 Å². The second kappa shape index (κ2) is 3.42. The van der Waals surface area contributed by atoms with E-state index in [4.69, 9.17) is 17.3 Å². The maximum atomic E-state index is 12.2. The van der Waals surface area contributed by atoms with Crippen LogP contribution in [0.3, 0.4) is 0 Å². The Labute approximate surface area is 74.1 Å². The summed E-state index contributed by atoms with van der Waals surface area (Å²) in [5.41, 5.74) is 5.43. The first-order valence-electron chi connectivity index (χ1n) is 3.86. The van der Waals surface area contributed by atoms with Gasteiger partial charge in [-0.25, -0.2) is 0 Å². The van der Waals surface area contributed by atoms with Crippen molar-refractivity contribution in [1.29, 1.82) is 0 Å². The maximum absolute atomic E-state index is 12.2. The Kier molecular flexibility index (Phi) is 2.88. The quantitative estimate of drug-likeness (QED) is 0.598. The molecule has 5 heteroatoms. The van der Waals surface area contributed by atoms with Gasteiger partial charge in [0.25, 0.3) is 0 Å². The highest BCUT2D eigenvalue weighted by Gasteiger charge is 2.43. The first kappa shape index (κ1) is 10.1. The molecule has 0 radical (unpaired) electrons. The standard InChI is InChI=1S/C7H11ClF3N/c8-5-1-4(7(9,10)11)2-6(12)3-5/h4-6H,1-3,12H2. The lowest BCUT2D eigenvalue weighted by molar-refractivity contribution is -0.182. The van der Waals surface area contributed by atoms with Gasteiger partial charge in [-0.2, -0.15) is 13.2 Å². The zero-order valence-electron chi connectivity index (χ0n) is 6.44. The summed E-state index contributed by atoms with van der Waals surface area (Å²) < 4.78 is 36.5. The predicted octanol–water partition coefficient (Wildman–Crippen LogP) is 2.28. The van der Waals surface area contributed by atoms with Crippen LogP contribution in [-0.4, -0.2) is 17.6 Å². The number of hydrogen-bond donors (Lipinski definition) is 1. The molecule has 1 fully saturated rings. The third-order valence-electron chi connectivity index (χ3n) is 2.15. The summed E-state index contributed by atoms with van der Waals surface area (Å²) in [5.74, 6) is -1.30. The molecule has 0 spiro atoms. The molecule has 0 aromatic heterocycles. The summed E-state index contributed by atoms with van der Waals surface area (Å²) in [5, 5.41) is -0.416. The highest BCUT2D eigenvalue weighted by atomic mass is 35.5. The molecule has 0 aromatic carbocycles. The molecule has 3 atom stereocenters. The third-order valence-corrected chi connectivity index (χ3v) is 2.51. The van der Waals surface area contributed by atoms with Gasteiger partial charge in [-0.1, -0.05) is 0 Å². The first-order chi connectivity index (χ1) is 5.39. The molecule has 0 aliphatic heterocycles. The van der Waals surface area contributed by atoms with Gasteiger partial charge in [-0.3, -0.25) is 0 Å². The van der Waals surface area contributed by atoms with Gasteiger partial charge >= 0.3 is 6.18 Å². The van der Waals surface area contributed by atoms with E-state index in [9.17, 15) is 13.2 Å². The molecule has 1 saturated carbocycles. The van der Waals surface area contributed by atoms with Gasteiger partial charge in [0.1, 0.15) is 0 Å². The van der Waals surface area contributed by atoms with Crippen LogP contribution in [0.15, 0.2) is 0 Å². The van der Waals surface area contributed by atoms with Crippen LogP contribution in [0.2, 0.25) is 0 Å². The smallest absolute Gasteiger partial charge is 0.328 e. The van der Waals surface area contributed by atoms with Gasteiger partial charge in [0.15, 0.2) is 0 Å². The normalized spacial score (nSPS) is 38.2. The minimum atomic E-state index is -4.13. The van der Waals surface area contributed by atoms with Crippen molar-refractivity contribution in [2.45, 2.75) is 36.9 Å². The molecule has 0 amide bonds. The monoisotopic (exact) mass is 201 g/mol. The maximum Gasteiger partial charge on any atom is 0.391 e. The van der Waals surface area contributed by atoms with Gasteiger partial charge in [-0.15, -0.1) is 11.6 Å². The van der Waals surface area contributed by atoms with Crippen LogP contribution in [0.5, 0.6) is 0 Å². The number of alkyl halides is 4. The summed E-state index contributed by atoms with van der Waals surface area (Å²) in [4.78, 5) is 0. The lowest BCUT2D eigenvalue weighted by Gasteiger charge is -2.31. The highest BCUT2D eigenvalue weighted by molar-refractivity contribution is 6.20. The van der Waals surface area contributed by atoms with Crippen molar-refractivity contribution >= 4 is 11.6 Å². The zero-order chi connectivity index (χ0) is 9.35. The lowest BCUT2D eigenvalue weighted by atomic mass is 9.85. The molecule has 1 rings (SSSR count). The minimum Gasteiger partial charge on any atom is -0.328 e. The molecule has 2 N–H and O–H groups in total. The lowest BCUT2D eigenvalue weighted by Crippen LogP contribution is -2.39. The van der Waals surface area contributed by atoms with Gasteiger partial charge in [0.05, 0.1) is 5.92 Å². The van der Waals surface area contributed by atoms with E-state index >= 15 is 0 Å². The Hall–Kier alpha value is 0.0400. The van der Waals surface area contributed by atoms with E-state index in [0.29, 0.717) is 6.42 Å². The van der Waals surface area contributed by atoms with Crippen LogP contribution in [0.25, 0.3) is 0 Å². The summed E-state index contributed by atoms with van der Waals surface area (Å²) in [6, 6.07) is -0.395. The zero-order valence-corrected chi connectivity index (χ0v) is 7.20. The van der Waals surface area contributed by atoms with Crippen LogP contribution >= 0.6 is 11.6 Å². The number of nitrogens with two attached hydrogens (primary N) is 1. The van der Waals surface area contributed by atoms with Gasteiger partial charge in [0.2, 0.25) is 0 Å². The van der Waals surface area contributed by atoms with Crippen LogP contribution in [-0.2, 0) is 0 Å². The number of hydrogen-bond acceptors (Lipinski definition) is 1. The topological polar surface area (TPSA) is 26.0 Å². The molecule has 1 nitrogen and oxygen atoms in total. The van der Waals surface area contributed by atoms with E-state index in [-0.39, 0.29) is 12.8 Å². The van der Waals surface area contributed by atoms with E-state index in [2.05, 4.69) is 0 Å².